The van der Waals surface area contributed by atoms with Crippen molar-refractivity contribution < 1.29 is 13.2 Å². The summed E-state index contributed by atoms with van der Waals surface area (Å²) in [5, 5.41) is 3.40. The van der Waals surface area contributed by atoms with Crippen LogP contribution in [0.2, 0.25) is 0 Å². The van der Waals surface area contributed by atoms with E-state index in [4.69, 9.17) is 4.74 Å². The van der Waals surface area contributed by atoms with E-state index in [2.05, 4.69) is 5.32 Å². The third kappa shape index (κ3) is 3.48. The number of para-hydroxylation sites is 1. The molecule has 6 heteroatoms. The number of sulfonamides is 1. The van der Waals surface area contributed by atoms with E-state index in [-0.39, 0.29) is 0 Å². The summed E-state index contributed by atoms with van der Waals surface area (Å²) in [5.41, 5.74) is 2.55. The lowest BCUT2D eigenvalue weighted by molar-refractivity contribution is 0.343. The van der Waals surface area contributed by atoms with Gasteiger partial charge in [0.05, 0.1) is 12.8 Å². The normalized spacial score (nSPS) is 18.1. The summed E-state index contributed by atoms with van der Waals surface area (Å²) < 4.78 is 33.7. The standard InChI is InChI=1S/C22H22N2O3S/c1-27-19-11-7-10-18(16-19)22-23-20-12-5-6-13-21(20)28(25,26)24(22)15-14-17-8-3-2-4-9-17/h2-13,16,22-23H,14-15H2,1H3/t22-/m1/s1. The predicted octanol–water partition coefficient (Wildman–Crippen LogP) is 4.05. The van der Waals surface area contributed by atoms with Crippen molar-refractivity contribution in [3.63, 3.8) is 0 Å². The van der Waals surface area contributed by atoms with Crippen LogP contribution >= 0.6 is 0 Å². The molecule has 1 aliphatic heterocycles. The molecular weight excluding hydrogens is 372 g/mol. The zero-order chi connectivity index (χ0) is 19.6. The Labute approximate surface area is 165 Å². The van der Waals surface area contributed by atoms with Crippen LogP contribution in [0.5, 0.6) is 5.75 Å². The second kappa shape index (κ2) is 7.66. The number of hydrogen-bond donors (Lipinski definition) is 1. The number of fused-ring (bicyclic) bond motifs is 1. The van der Waals surface area contributed by atoms with E-state index in [1.807, 2.05) is 60.7 Å². The fraction of sp³-hybridized carbons (Fsp3) is 0.182. The third-order valence-corrected chi connectivity index (χ3v) is 6.85. The SMILES string of the molecule is COc1cccc([C@@H]2Nc3ccccc3S(=O)(=O)N2CCc2ccccc2)c1. The first-order chi connectivity index (χ1) is 13.6. The molecule has 1 heterocycles. The van der Waals surface area contributed by atoms with Gasteiger partial charge in [-0.1, -0.05) is 54.6 Å². The molecule has 28 heavy (non-hydrogen) atoms. The van der Waals surface area contributed by atoms with E-state index in [9.17, 15) is 8.42 Å². The minimum absolute atomic E-state index is 0.308. The average molecular weight is 394 g/mol. The lowest BCUT2D eigenvalue weighted by atomic mass is 10.1. The van der Waals surface area contributed by atoms with Crippen molar-refractivity contribution in [3.05, 3.63) is 90.0 Å². The molecule has 0 saturated heterocycles. The third-order valence-electron chi connectivity index (χ3n) is 4.93. The van der Waals surface area contributed by atoms with E-state index >= 15 is 0 Å². The van der Waals surface area contributed by atoms with Crippen molar-refractivity contribution in [1.82, 2.24) is 4.31 Å². The second-order valence-electron chi connectivity index (χ2n) is 6.67. The van der Waals surface area contributed by atoms with Gasteiger partial charge >= 0.3 is 0 Å². The van der Waals surface area contributed by atoms with Crippen molar-refractivity contribution in [2.75, 3.05) is 19.0 Å². The lowest BCUT2D eigenvalue weighted by Crippen LogP contribution is -2.43. The first kappa shape index (κ1) is 18.5. The molecule has 144 valence electrons. The van der Waals surface area contributed by atoms with Crippen LogP contribution in [0, 0.1) is 0 Å². The van der Waals surface area contributed by atoms with E-state index in [0.717, 1.165) is 11.1 Å². The molecule has 0 amide bonds. The van der Waals surface area contributed by atoms with Gasteiger partial charge in [-0.3, -0.25) is 0 Å². The first-order valence-corrected chi connectivity index (χ1v) is 10.6. The van der Waals surface area contributed by atoms with Crippen LogP contribution in [0.3, 0.4) is 0 Å². The number of nitrogens with zero attached hydrogens (tertiary/aromatic N) is 1. The smallest absolute Gasteiger partial charge is 0.247 e. The fourth-order valence-corrected chi connectivity index (χ4v) is 5.18. The number of nitrogens with one attached hydrogen (secondary N) is 1. The predicted molar refractivity (Wildman–Crippen MR) is 110 cm³/mol. The Morgan fingerprint density at radius 1 is 0.964 bits per heavy atom. The minimum Gasteiger partial charge on any atom is -0.497 e. The Hall–Kier alpha value is -2.83. The highest BCUT2D eigenvalue weighted by molar-refractivity contribution is 7.89. The van der Waals surface area contributed by atoms with Crippen molar-refractivity contribution >= 4 is 15.7 Å². The van der Waals surface area contributed by atoms with Crippen LogP contribution in [0.4, 0.5) is 5.69 Å². The maximum absolute atomic E-state index is 13.4. The molecule has 0 aromatic heterocycles. The molecule has 0 radical (unpaired) electrons. The van der Waals surface area contributed by atoms with Crippen LogP contribution < -0.4 is 10.1 Å². The fourth-order valence-electron chi connectivity index (χ4n) is 3.49. The highest BCUT2D eigenvalue weighted by Crippen LogP contribution is 2.38. The van der Waals surface area contributed by atoms with Gasteiger partial charge in [0.15, 0.2) is 0 Å². The lowest BCUT2D eigenvalue weighted by Gasteiger charge is -2.37. The Morgan fingerprint density at radius 2 is 1.71 bits per heavy atom. The monoisotopic (exact) mass is 394 g/mol. The summed E-state index contributed by atoms with van der Waals surface area (Å²) in [5.74, 6) is 0.693. The van der Waals surface area contributed by atoms with Crippen molar-refractivity contribution in [2.45, 2.75) is 17.5 Å². The number of rotatable bonds is 5. The quantitative estimate of drug-likeness (QED) is 0.709. The molecule has 0 fully saturated rings. The van der Waals surface area contributed by atoms with E-state index in [1.165, 1.54) is 4.31 Å². The largest absolute Gasteiger partial charge is 0.497 e. The number of anilines is 1. The van der Waals surface area contributed by atoms with Crippen LogP contribution in [-0.2, 0) is 16.4 Å². The molecule has 0 spiro atoms. The zero-order valence-corrected chi connectivity index (χ0v) is 16.4. The number of methoxy groups -OCH3 is 1. The molecule has 0 saturated carbocycles. The molecule has 1 aliphatic rings. The van der Waals surface area contributed by atoms with Gasteiger partial charge in [-0.2, -0.15) is 4.31 Å². The molecule has 1 N–H and O–H groups in total. The summed E-state index contributed by atoms with van der Waals surface area (Å²) in [6, 6.07) is 24.5. The van der Waals surface area contributed by atoms with Crippen LogP contribution in [0.1, 0.15) is 17.3 Å². The van der Waals surface area contributed by atoms with Gasteiger partial charge < -0.3 is 10.1 Å². The van der Waals surface area contributed by atoms with Gasteiger partial charge in [-0.25, -0.2) is 8.42 Å². The summed E-state index contributed by atoms with van der Waals surface area (Å²) in [6.45, 7) is 0.371. The van der Waals surface area contributed by atoms with Gasteiger partial charge in [0.1, 0.15) is 16.8 Å². The Kier molecular flexibility index (Phi) is 5.07. The average Bonchev–Trinajstić information content (AvgIpc) is 2.73. The number of benzene rings is 3. The van der Waals surface area contributed by atoms with Crippen molar-refractivity contribution in [2.24, 2.45) is 0 Å². The van der Waals surface area contributed by atoms with E-state index in [0.29, 0.717) is 29.3 Å². The van der Waals surface area contributed by atoms with Crippen molar-refractivity contribution in [3.8, 4) is 5.75 Å². The minimum atomic E-state index is -3.64. The van der Waals surface area contributed by atoms with E-state index < -0.39 is 16.2 Å². The van der Waals surface area contributed by atoms with Gasteiger partial charge in [0, 0.05) is 6.54 Å². The summed E-state index contributed by atoms with van der Waals surface area (Å²) in [6.07, 6.45) is 0.128. The summed E-state index contributed by atoms with van der Waals surface area (Å²) in [7, 11) is -2.04. The first-order valence-electron chi connectivity index (χ1n) is 9.15. The van der Waals surface area contributed by atoms with E-state index in [1.54, 1.807) is 25.3 Å². The maximum Gasteiger partial charge on any atom is 0.247 e. The molecule has 3 aromatic rings. The number of hydrogen-bond acceptors (Lipinski definition) is 4. The molecule has 1 atom stereocenters. The highest BCUT2D eigenvalue weighted by Gasteiger charge is 2.38. The Balaban J connectivity index is 1.75. The molecule has 0 aliphatic carbocycles. The topological polar surface area (TPSA) is 58.6 Å². The van der Waals surface area contributed by atoms with Gasteiger partial charge in [0.2, 0.25) is 10.0 Å². The molecule has 3 aromatic carbocycles. The summed E-state index contributed by atoms with van der Waals surface area (Å²) in [4.78, 5) is 0.308. The maximum atomic E-state index is 13.4. The van der Waals surface area contributed by atoms with Gasteiger partial charge in [0.25, 0.3) is 0 Å². The second-order valence-corrected chi connectivity index (χ2v) is 8.53. The molecule has 5 nitrogen and oxygen atoms in total. The number of ether oxygens (including phenoxy) is 1. The summed E-state index contributed by atoms with van der Waals surface area (Å²) >= 11 is 0. The Bertz CT molecular complexity index is 1070. The van der Waals surface area contributed by atoms with Crippen LogP contribution in [0.15, 0.2) is 83.8 Å². The highest BCUT2D eigenvalue weighted by atomic mass is 32.2. The molecular formula is C22H22N2O3S. The zero-order valence-electron chi connectivity index (χ0n) is 15.6. The van der Waals surface area contributed by atoms with Crippen LogP contribution in [0.25, 0.3) is 0 Å². The van der Waals surface area contributed by atoms with Gasteiger partial charge in [-0.05, 0) is 41.8 Å². The molecule has 4 rings (SSSR count). The van der Waals surface area contributed by atoms with Crippen molar-refractivity contribution in [1.29, 1.82) is 0 Å². The molecule has 0 unspecified atom stereocenters. The molecule has 0 bridgehead atoms. The van der Waals surface area contributed by atoms with Crippen LogP contribution in [-0.4, -0.2) is 26.4 Å². The Morgan fingerprint density at radius 3 is 2.50 bits per heavy atom. The van der Waals surface area contributed by atoms with Gasteiger partial charge in [-0.15, -0.1) is 0 Å².